The second-order valence-electron chi connectivity index (χ2n) is 7.55. The van der Waals surface area contributed by atoms with Gasteiger partial charge in [0.15, 0.2) is 18.1 Å². The lowest BCUT2D eigenvalue weighted by atomic mass is 9.97. The van der Waals surface area contributed by atoms with E-state index in [2.05, 4.69) is 13.8 Å². The van der Waals surface area contributed by atoms with E-state index in [0.717, 1.165) is 18.1 Å². The van der Waals surface area contributed by atoms with Crippen molar-refractivity contribution >= 4 is 21.5 Å². The first-order valence-corrected chi connectivity index (χ1v) is 11.8. The molecule has 1 aliphatic rings. The molecule has 0 saturated carbocycles. The number of nitro benzene ring substituents is 1. The normalized spacial score (nSPS) is 15.8. The Morgan fingerprint density at radius 3 is 2.44 bits per heavy atom. The number of sulfonamides is 1. The molecule has 1 fully saturated rings. The molecule has 10 heteroatoms. The highest BCUT2D eigenvalue weighted by Crippen LogP contribution is 2.31. The van der Waals surface area contributed by atoms with Gasteiger partial charge in [0, 0.05) is 24.7 Å². The SMILES string of the molecule is CCC(C)c1ccc(C(=O)COc2ccc(S(=O)(=O)N3CCOCC3)cc2[N+](=O)[O-])cc1. The van der Waals surface area contributed by atoms with Crippen LogP contribution in [0.15, 0.2) is 47.4 Å². The molecule has 0 spiro atoms. The van der Waals surface area contributed by atoms with E-state index in [-0.39, 0.29) is 42.7 Å². The van der Waals surface area contributed by atoms with Gasteiger partial charge in [-0.05, 0) is 30.0 Å². The zero-order chi connectivity index (χ0) is 23.3. The van der Waals surface area contributed by atoms with Gasteiger partial charge < -0.3 is 9.47 Å². The summed E-state index contributed by atoms with van der Waals surface area (Å²) in [5.74, 6) is -0.120. The molecule has 0 aromatic heterocycles. The molecule has 0 radical (unpaired) electrons. The van der Waals surface area contributed by atoms with E-state index in [1.54, 1.807) is 12.1 Å². The summed E-state index contributed by atoms with van der Waals surface area (Å²) < 4.78 is 37.3. The molecule has 9 nitrogen and oxygen atoms in total. The number of carbonyl (C=O) groups excluding carboxylic acids is 1. The van der Waals surface area contributed by atoms with Crippen molar-refractivity contribution in [3.8, 4) is 5.75 Å². The standard InChI is InChI=1S/C22H26N2O7S/c1-3-16(2)17-4-6-18(7-5-17)21(25)15-31-22-9-8-19(14-20(22)24(26)27)32(28,29)23-10-12-30-13-11-23/h4-9,14,16H,3,10-13,15H2,1-2H3. The highest BCUT2D eigenvalue weighted by molar-refractivity contribution is 7.89. The van der Waals surface area contributed by atoms with Crippen LogP contribution in [0.25, 0.3) is 0 Å². The minimum atomic E-state index is -3.90. The van der Waals surface area contributed by atoms with E-state index in [1.165, 1.54) is 16.4 Å². The zero-order valence-electron chi connectivity index (χ0n) is 18.0. The van der Waals surface area contributed by atoms with Crippen molar-refractivity contribution in [1.82, 2.24) is 4.31 Å². The number of hydrogen-bond donors (Lipinski definition) is 0. The van der Waals surface area contributed by atoms with Gasteiger partial charge in [0.2, 0.25) is 10.0 Å². The van der Waals surface area contributed by atoms with Gasteiger partial charge in [0.05, 0.1) is 23.0 Å². The van der Waals surface area contributed by atoms with Crippen LogP contribution in [0.2, 0.25) is 0 Å². The topological polar surface area (TPSA) is 116 Å². The van der Waals surface area contributed by atoms with E-state index in [9.17, 15) is 23.3 Å². The van der Waals surface area contributed by atoms with E-state index >= 15 is 0 Å². The third-order valence-electron chi connectivity index (χ3n) is 5.51. The van der Waals surface area contributed by atoms with Crippen molar-refractivity contribution in [3.63, 3.8) is 0 Å². The smallest absolute Gasteiger partial charge is 0.312 e. The Morgan fingerprint density at radius 2 is 1.84 bits per heavy atom. The van der Waals surface area contributed by atoms with Gasteiger partial charge in [-0.1, -0.05) is 38.1 Å². The lowest BCUT2D eigenvalue weighted by Gasteiger charge is -2.26. The average Bonchev–Trinajstić information content (AvgIpc) is 2.82. The highest BCUT2D eigenvalue weighted by Gasteiger charge is 2.29. The first-order chi connectivity index (χ1) is 15.2. The summed E-state index contributed by atoms with van der Waals surface area (Å²) in [6.07, 6.45) is 0.983. The molecular weight excluding hydrogens is 436 g/mol. The first-order valence-electron chi connectivity index (χ1n) is 10.4. The fourth-order valence-electron chi connectivity index (χ4n) is 3.32. The number of carbonyl (C=O) groups is 1. The van der Waals surface area contributed by atoms with E-state index in [0.29, 0.717) is 11.5 Å². The number of nitro groups is 1. The summed E-state index contributed by atoms with van der Waals surface area (Å²) in [5, 5.41) is 11.5. The van der Waals surface area contributed by atoms with E-state index in [1.807, 2.05) is 12.1 Å². The fraction of sp³-hybridized carbons (Fsp3) is 0.409. The second-order valence-corrected chi connectivity index (χ2v) is 9.48. The van der Waals surface area contributed by atoms with Gasteiger partial charge in [0.1, 0.15) is 0 Å². The Hall–Kier alpha value is -2.82. The van der Waals surface area contributed by atoms with Gasteiger partial charge in [-0.25, -0.2) is 8.42 Å². The molecule has 1 heterocycles. The summed E-state index contributed by atoms with van der Waals surface area (Å²) >= 11 is 0. The quantitative estimate of drug-likeness (QED) is 0.319. The summed E-state index contributed by atoms with van der Waals surface area (Å²) in [6, 6.07) is 10.6. The van der Waals surface area contributed by atoms with E-state index in [4.69, 9.17) is 9.47 Å². The molecule has 2 aromatic carbocycles. The summed E-state index contributed by atoms with van der Waals surface area (Å²) in [7, 11) is -3.90. The average molecular weight is 463 g/mol. The number of ketones is 1. The Labute approximate surface area is 187 Å². The maximum atomic E-state index is 12.8. The maximum absolute atomic E-state index is 12.8. The summed E-state index contributed by atoms with van der Waals surface area (Å²) in [5.41, 5.74) is 1.04. The number of hydrogen-bond acceptors (Lipinski definition) is 7. The highest BCUT2D eigenvalue weighted by atomic mass is 32.2. The van der Waals surface area contributed by atoms with Crippen LogP contribution in [0.1, 0.15) is 42.1 Å². The third-order valence-corrected chi connectivity index (χ3v) is 7.40. The molecule has 3 rings (SSSR count). The minimum absolute atomic E-state index is 0.166. The third kappa shape index (κ3) is 5.32. The van der Waals surface area contributed by atoms with Crippen LogP contribution >= 0.6 is 0 Å². The zero-order valence-corrected chi connectivity index (χ0v) is 18.8. The first kappa shape index (κ1) is 23.8. The lowest BCUT2D eigenvalue weighted by Crippen LogP contribution is -2.40. The molecule has 1 aliphatic heterocycles. The number of nitrogens with zero attached hydrogens (tertiary/aromatic N) is 2. The number of morpholine rings is 1. The molecule has 0 N–H and O–H groups in total. The van der Waals surface area contributed by atoms with Gasteiger partial charge in [-0.2, -0.15) is 4.31 Å². The van der Waals surface area contributed by atoms with Crippen LogP contribution in [0.3, 0.4) is 0 Å². The molecule has 1 unspecified atom stereocenters. The Morgan fingerprint density at radius 1 is 1.19 bits per heavy atom. The predicted octanol–water partition coefficient (Wildman–Crippen LogP) is 3.39. The minimum Gasteiger partial charge on any atom is -0.478 e. The fourth-order valence-corrected chi connectivity index (χ4v) is 4.75. The van der Waals surface area contributed by atoms with Gasteiger partial charge in [-0.3, -0.25) is 14.9 Å². The molecule has 0 aliphatic carbocycles. The molecule has 172 valence electrons. The number of Topliss-reactive ketones (excluding diaryl/α,β-unsaturated/α-hetero) is 1. The van der Waals surface area contributed by atoms with Gasteiger partial charge >= 0.3 is 5.69 Å². The van der Waals surface area contributed by atoms with Gasteiger partial charge in [0.25, 0.3) is 0 Å². The Bertz CT molecular complexity index is 1080. The molecule has 32 heavy (non-hydrogen) atoms. The molecule has 1 atom stereocenters. The van der Waals surface area contributed by atoms with Gasteiger partial charge in [-0.15, -0.1) is 0 Å². The van der Waals surface area contributed by atoms with Crippen molar-refractivity contribution in [1.29, 1.82) is 0 Å². The summed E-state index contributed by atoms with van der Waals surface area (Å²) in [6.45, 7) is 4.67. The second kappa shape index (κ2) is 10.2. The predicted molar refractivity (Wildman–Crippen MR) is 118 cm³/mol. The molecule has 1 saturated heterocycles. The maximum Gasteiger partial charge on any atom is 0.312 e. The number of rotatable bonds is 9. The van der Waals surface area contributed by atoms with Crippen molar-refractivity contribution in [3.05, 3.63) is 63.7 Å². The van der Waals surface area contributed by atoms with Crippen molar-refractivity contribution in [2.24, 2.45) is 0 Å². The summed E-state index contributed by atoms with van der Waals surface area (Å²) in [4.78, 5) is 23.1. The number of benzene rings is 2. The molecule has 2 aromatic rings. The Balaban J connectivity index is 1.75. The van der Waals surface area contributed by atoms with Crippen LogP contribution in [0.5, 0.6) is 5.75 Å². The molecule has 0 amide bonds. The van der Waals surface area contributed by atoms with Crippen molar-refractivity contribution in [2.45, 2.75) is 31.1 Å². The van der Waals surface area contributed by atoms with Crippen molar-refractivity contribution in [2.75, 3.05) is 32.9 Å². The van der Waals surface area contributed by atoms with Crippen LogP contribution in [-0.2, 0) is 14.8 Å². The largest absolute Gasteiger partial charge is 0.478 e. The van der Waals surface area contributed by atoms with Crippen LogP contribution < -0.4 is 4.74 Å². The molecular formula is C22H26N2O7S. The van der Waals surface area contributed by atoms with Crippen molar-refractivity contribution < 1.29 is 27.6 Å². The monoisotopic (exact) mass is 462 g/mol. The number of ether oxygens (including phenoxy) is 2. The lowest BCUT2D eigenvalue weighted by molar-refractivity contribution is -0.386. The van der Waals surface area contributed by atoms with Crippen LogP contribution in [-0.4, -0.2) is 56.3 Å². The molecule has 0 bridgehead atoms. The Kier molecular flexibility index (Phi) is 7.60. The van der Waals surface area contributed by atoms with Crippen LogP contribution in [0, 0.1) is 10.1 Å². The van der Waals surface area contributed by atoms with Crippen LogP contribution in [0.4, 0.5) is 5.69 Å². The van der Waals surface area contributed by atoms with E-state index < -0.39 is 27.2 Å².